The Morgan fingerprint density at radius 3 is 2.52 bits per heavy atom. The molecule has 0 bridgehead atoms. The maximum Gasteiger partial charge on any atom is 0.437 e. The first-order valence-corrected chi connectivity index (χ1v) is 8.98. The molecule has 25 heavy (non-hydrogen) atoms. The molecule has 0 spiro atoms. The minimum Gasteiger partial charge on any atom is -0.297 e. The van der Waals surface area contributed by atoms with E-state index in [-0.39, 0.29) is 0 Å². The van der Waals surface area contributed by atoms with E-state index in [1.165, 1.54) is 0 Å². The van der Waals surface area contributed by atoms with Crippen molar-refractivity contribution < 1.29 is 9.63 Å². The van der Waals surface area contributed by atoms with Gasteiger partial charge in [-0.1, -0.05) is 28.4 Å². The molecule has 3 rings (SSSR count). The van der Waals surface area contributed by atoms with Crippen LogP contribution in [0.5, 0.6) is 0 Å². The molecule has 0 radical (unpaired) electrons. The number of thiophene rings is 1. The van der Waals surface area contributed by atoms with Gasteiger partial charge in [-0.05, 0) is 67.3 Å². The third-order valence-corrected chi connectivity index (χ3v) is 5.45. The number of hydrogen-bond donors (Lipinski definition) is 1. The fraction of sp³-hybridized carbons (Fsp3) is 0.111. The molecule has 0 unspecified atom stereocenters. The van der Waals surface area contributed by atoms with Crippen LogP contribution in [0.4, 0.5) is 10.5 Å². The molecule has 1 aromatic heterocycles. The quantitative estimate of drug-likeness (QED) is 0.314. The number of amides is 1. The molecule has 1 heterocycles. The van der Waals surface area contributed by atoms with Gasteiger partial charge in [-0.2, -0.15) is 0 Å². The van der Waals surface area contributed by atoms with E-state index in [2.05, 4.69) is 10.5 Å². The first-order valence-electron chi connectivity index (χ1n) is 7.41. The minimum atomic E-state index is -0.663. The van der Waals surface area contributed by atoms with Crippen LogP contribution < -0.4 is 5.32 Å². The number of nitrogens with one attached hydrogen (secondary N) is 1. The van der Waals surface area contributed by atoms with Gasteiger partial charge >= 0.3 is 6.09 Å². The summed E-state index contributed by atoms with van der Waals surface area (Å²) < 4.78 is 1.11. The standard InChI is InChI=1S/C18H14Cl2N2O2S/c1-10-15-9-13(20)5-8-16(15)25-17(10)11(2)22-24-18(23)21-14-6-3-12(19)4-7-14/h3-9H,1-2H3,(H,21,23)/b22-11-. The number of halogens is 2. The number of anilines is 1. The van der Waals surface area contributed by atoms with Crippen LogP contribution in [-0.2, 0) is 4.84 Å². The maximum atomic E-state index is 11.8. The van der Waals surface area contributed by atoms with Crippen molar-refractivity contribution in [1.82, 2.24) is 0 Å². The summed E-state index contributed by atoms with van der Waals surface area (Å²) in [6, 6.07) is 12.5. The molecule has 2 aromatic carbocycles. The molecular formula is C18H14Cl2N2O2S. The third-order valence-electron chi connectivity index (χ3n) is 3.58. The predicted octanol–water partition coefficient (Wildman–Crippen LogP) is 6.49. The maximum absolute atomic E-state index is 11.8. The molecule has 0 aliphatic heterocycles. The van der Waals surface area contributed by atoms with Gasteiger partial charge in [-0.15, -0.1) is 11.3 Å². The molecule has 128 valence electrons. The Bertz CT molecular complexity index is 965. The Morgan fingerprint density at radius 1 is 1.12 bits per heavy atom. The second-order valence-corrected chi connectivity index (χ2v) is 7.31. The van der Waals surface area contributed by atoms with Gasteiger partial charge in [0.05, 0.1) is 10.6 Å². The predicted molar refractivity (Wildman–Crippen MR) is 105 cm³/mol. The molecule has 1 N–H and O–H groups in total. The van der Waals surface area contributed by atoms with Gasteiger partial charge < -0.3 is 0 Å². The molecule has 0 fully saturated rings. The van der Waals surface area contributed by atoms with Crippen molar-refractivity contribution in [3.63, 3.8) is 0 Å². The Kier molecular flexibility index (Phi) is 5.27. The summed E-state index contributed by atoms with van der Waals surface area (Å²) in [6.07, 6.45) is -0.663. The fourth-order valence-electron chi connectivity index (χ4n) is 2.36. The highest BCUT2D eigenvalue weighted by Crippen LogP contribution is 2.33. The van der Waals surface area contributed by atoms with Crippen molar-refractivity contribution in [1.29, 1.82) is 0 Å². The third kappa shape index (κ3) is 4.12. The van der Waals surface area contributed by atoms with Crippen molar-refractivity contribution in [3.05, 3.63) is 63.0 Å². The lowest BCUT2D eigenvalue weighted by molar-refractivity contribution is 0.166. The van der Waals surface area contributed by atoms with Crippen LogP contribution in [0.1, 0.15) is 17.4 Å². The van der Waals surface area contributed by atoms with Crippen LogP contribution in [0.2, 0.25) is 10.0 Å². The van der Waals surface area contributed by atoms with Crippen LogP contribution in [0.3, 0.4) is 0 Å². The number of benzene rings is 2. The lowest BCUT2D eigenvalue weighted by Gasteiger charge is -2.03. The van der Waals surface area contributed by atoms with Gasteiger partial charge in [-0.3, -0.25) is 10.2 Å². The van der Waals surface area contributed by atoms with E-state index >= 15 is 0 Å². The van der Waals surface area contributed by atoms with Gasteiger partial charge in [0.1, 0.15) is 0 Å². The first kappa shape index (κ1) is 17.7. The van der Waals surface area contributed by atoms with Gasteiger partial charge in [0.25, 0.3) is 0 Å². The normalized spacial score (nSPS) is 11.6. The van der Waals surface area contributed by atoms with Crippen molar-refractivity contribution >= 4 is 62.1 Å². The largest absolute Gasteiger partial charge is 0.437 e. The van der Waals surface area contributed by atoms with E-state index < -0.39 is 6.09 Å². The first-order chi connectivity index (χ1) is 11.9. The summed E-state index contributed by atoms with van der Waals surface area (Å²) in [7, 11) is 0. The summed E-state index contributed by atoms with van der Waals surface area (Å²) in [5, 5.41) is 8.88. The Hall–Kier alpha value is -2.08. The van der Waals surface area contributed by atoms with Crippen LogP contribution in [0.15, 0.2) is 47.6 Å². The zero-order valence-corrected chi connectivity index (χ0v) is 15.8. The molecule has 3 aromatic rings. The molecule has 4 nitrogen and oxygen atoms in total. The highest BCUT2D eigenvalue weighted by atomic mass is 35.5. The van der Waals surface area contributed by atoms with E-state index in [0.717, 1.165) is 20.5 Å². The molecule has 0 aliphatic carbocycles. The van der Waals surface area contributed by atoms with E-state index in [4.69, 9.17) is 28.0 Å². The van der Waals surface area contributed by atoms with Crippen LogP contribution >= 0.6 is 34.5 Å². The van der Waals surface area contributed by atoms with Crippen molar-refractivity contribution in [2.24, 2.45) is 5.16 Å². The van der Waals surface area contributed by atoms with Gasteiger partial charge in [0.2, 0.25) is 0 Å². The van der Waals surface area contributed by atoms with E-state index in [0.29, 0.717) is 21.4 Å². The molecular weight excluding hydrogens is 379 g/mol. The summed E-state index contributed by atoms with van der Waals surface area (Å²) in [4.78, 5) is 17.8. The van der Waals surface area contributed by atoms with E-state index in [9.17, 15) is 4.79 Å². The smallest absolute Gasteiger partial charge is 0.297 e. The molecule has 1 amide bonds. The van der Waals surface area contributed by atoms with E-state index in [1.807, 2.05) is 25.1 Å². The number of oxime groups is 1. The fourth-order valence-corrected chi connectivity index (χ4v) is 3.79. The number of nitrogens with zero attached hydrogens (tertiary/aromatic N) is 1. The number of carbonyl (C=O) groups excluding carboxylic acids is 1. The average molecular weight is 393 g/mol. The average Bonchev–Trinajstić information content (AvgIpc) is 2.91. The lowest BCUT2D eigenvalue weighted by atomic mass is 10.1. The number of fused-ring (bicyclic) bond motifs is 1. The van der Waals surface area contributed by atoms with Crippen molar-refractivity contribution in [2.75, 3.05) is 5.32 Å². The summed E-state index contributed by atoms with van der Waals surface area (Å²) in [5.41, 5.74) is 2.27. The molecule has 0 aliphatic rings. The summed E-state index contributed by atoms with van der Waals surface area (Å²) in [5.74, 6) is 0. The molecule has 0 saturated carbocycles. The van der Waals surface area contributed by atoms with Crippen molar-refractivity contribution in [2.45, 2.75) is 13.8 Å². The summed E-state index contributed by atoms with van der Waals surface area (Å²) in [6.45, 7) is 3.80. The highest BCUT2D eigenvalue weighted by molar-refractivity contribution is 7.21. The highest BCUT2D eigenvalue weighted by Gasteiger charge is 2.12. The molecule has 0 atom stereocenters. The molecule has 0 saturated heterocycles. The topological polar surface area (TPSA) is 50.7 Å². The second-order valence-electron chi connectivity index (χ2n) is 5.38. The Morgan fingerprint density at radius 2 is 1.80 bits per heavy atom. The second kappa shape index (κ2) is 7.44. The lowest BCUT2D eigenvalue weighted by Crippen LogP contribution is -2.11. The number of hydrogen-bond acceptors (Lipinski definition) is 4. The summed E-state index contributed by atoms with van der Waals surface area (Å²) >= 11 is 13.4. The van der Waals surface area contributed by atoms with Crippen molar-refractivity contribution in [3.8, 4) is 0 Å². The Balaban J connectivity index is 1.74. The Labute approximate surface area is 159 Å². The van der Waals surface area contributed by atoms with Gasteiger partial charge in [0, 0.05) is 20.4 Å². The monoisotopic (exact) mass is 392 g/mol. The molecule has 7 heteroatoms. The minimum absolute atomic E-state index is 0.579. The zero-order valence-electron chi connectivity index (χ0n) is 13.5. The SMILES string of the molecule is C/C(=N/OC(=O)Nc1ccc(Cl)cc1)c1sc2ccc(Cl)cc2c1C. The number of aryl methyl sites for hydroxylation is 1. The van der Waals surface area contributed by atoms with Crippen LogP contribution in [0.25, 0.3) is 10.1 Å². The number of rotatable bonds is 3. The van der Waals surface area contributed by atoms with Gasteiger partial charge in [0.15, 0.2) is 0 Å². The number of carbonyl (C=O) groups is 1. The van der Waals surface area contributed by atoms with E-state index in [1.54, 1.807) is 42.5 Å². The van der Waals surface area contributed by atoms with Crippen LogP contribution in [-0.4, -0.2) is 11.8 Å². The van der Waals surface area contributed by atoms with Crippen LogP contribution in [0, 0.1) is 6.92 Å². The van der Waals surface area contributed by atoms with Gasteiger partial charge in [-0.25, -0.2) is 4.79 Å². The zero-order chi connectivity index (χ0) is 18.0.